The molecule has 0 radical (unpaired) electrons. The number of phosphoric acid groups is 2. The van der Waals surface area contributed by atoms with Crippen LogP contribution in [-0.2, 0) is 24.7 Å². The maximum Gasteiger partial charge on any atom is 0.587 e. The molecule has 1 aliphatic rings. The quantitative estimate of drug-likeness (QED) is 0.109. The van der Waals surface area contributed by atoms with Crippen molar-refractivity contribution in [3.8, 4) is 23.0 Å². The van der Waals surface area contributed by atoms with E-state index in [0.29, 0.717) is 29.5 Å². The van der Waals surface area contributed by atoms with Gasteiger partial charge in [-0.3, -0.25) is 13.9 Å². The summed E-state index contributed by atoms with van der Waals surface area (Å²) in [6.07, 6.45) is -1.84. The zero-order valence-corrected chi connectivity index (χ0v) is 26.6. The van der Waals surface area contributed by atoms with Gasteiger partial charge in [0, 0.05) is 19.6 Å². The van der Waals surface area contributed by atoms with Crippen LogP contribution < -0.4 is 18.1 Å². The van der Waals surface area contributed by atoms with Crippen molar-refractivity contribution < 1.29 is 36.3 Å². The molecule has 0 unspecified atom stereocenters. The summed E-state index contributed by atoms with van der Waals surface area (Å²) in [6, 6.07) is 44.4. The molecule has 1 fully saturated rings. The molecule has 9 nitrogen and oxygen atoms in total. The number of nitrogens with zero attached hydrogens (tertiary/aromatic N) is 1. The molecule has 11 heteroatoms. The van der Waals surface area contributed by atoms with Gasteiger partial charge in [0.25, 0.3) is 0 Å². The first-order chi connectivity index (χ1) is 22.4. The minimum absolute atomic E-state index is 0.260. The molecule has 0 bridgehead atoms. The fourth-order valence-corrected chi connectivity index (χ4v) is 7.72. The monoisotopic (exact) mass is 657 g/mol. The molecule has 6 rings (SSSR count). The lowest BCUT2D eigenvalue weighted by Crippen LogP contribution is -2.31. The Balaban J connectivity index is 1.31. The molecule has 236 valence electrons. The van der Waals surface area contributed by atoms with E-state index in [4.69, 9.17) is 27.1 Å². The van der Waals surface area contributed by atoms with Gasteiger partial charge < -0.3 is 18.1 Å². The van der Waals surface area contributed by atoms with Crippen LogP contribution in [-0.4, -0.2) is 30.2 Å². The number of hydrogen-bond donors (Lipinski definition) is 0. The maximum atomic E-state index is 14.4. The van der Waals surface area contributed by atoms with E-state index < -0.39 is 27.9 Å². The van der Waals surface area contributed by atoms with Crippen LogP contribution in [0.25, 0.3) is 0 Å². The summed E-state index contributed by atoms with van der Waals surface area (Å²) in [5, 5.41) is 0. The van der Waals surface area contributed by atoms with Gasteiger partial charge in [0.15, 0.2) is 0 Å². The Morgan fingerprint density at radius 1 is 0.457 bits per heavy atom. The summed E-state index contributed by atoms with van der Waals surface area (Å²) in [6.45, 7) is 1.06. The van der Waals surface area contributed by atoms with Gasteiger partial charge in [0.2, 0.25) is 0 Å². The van der Waals surface area contributed by atoms with Gasteiger partial charge in [-0.05, 0) is 54.1 Å². The summed E-state index contributed by atoms with van der Waals surface area (Å²) in [5.41, 5.74) is 1.05. The Morgan fingerprint density at radius 3 is 1.04 bits per heavy atom. The standard InChI is InChI=1S/C35H33NO8P2/c37-45(39-30-18-8-2-9-19-30,40-31-20-10-3-11-21-31)43-34-27-36(26-29-16-6-1-7-17-29)28-35(34)44-46(38,41-32-22-12-4-13-23-32)42-33-24-14-5-15-25-33/h1-25,34-35H,26-28H2/t34-,35-/m1/s1. The Morgan fingerprint density at radius 2 is 0.739 bits per heavy atom. The average molecular weight is 658 g/mol. The molecule has 0 N–H and O–H groups in total. The molecule has 0 aromatic heterocycles. The van der Waals surface area contributed by atoms with Crippen LogP contribution in [0.3, 0.4) is 0 Å². The first-order valence-corrected chi connectivity index (χ1v) is 17.7. The van der Waals surface area contributed by atoms with E-state index in [-0.39, 0.29) is 13.1 Å². The van der Waals surface area contributed by atoms with E-state index in [1.165, 1.54) is 0 Å². The highest BCUT2D eigenvalue weighted by Gasteiger charge is 2.47. The van der Waals surface area contributed by atoms with Gasteiger partial charge in [-0.1, -0.05) is 103 Å². The largest absolute Gasteiger partial charge is 0.587 e. The Kier molecular flexibility index (Phi) is 10.2. The van der Waals surface area contributed by atoms with Crippen molar-refractivity contribution in [3.63, 3.8) is 0 Å². The van der Waals surface area contributed by atoms with Crippen molar-refractivity contribution in [1.29, 1.82) is 0 Å². The number of rotatable bonds is 14. The Bertz CT molecular complexity index is 1550. The van der Waals surface area contributed by atoms with Gasteiger partial charge in [-0.15, -0.1) is 0 Å². The van der Waals surface area contributed by atoms with Crippen LogP contribution in [0.15, 0.2) is 152 Å². The molecule has 1 saturated heterocycles. The highest BCUT2D eigenvalue weighted by Crippen LogP contribution is 2.55. The fourth-order valence-electron chi connectivity index (χ4n) is 4.89. The smallest absolute Gasteiger partial charge is 0.395 e. The maximum absolute atomic E-state index is 14.4. The van der Waals surface area contributed by atoms with E-state index in [1.807, 2.05) is 54.6 Å². The van der Waals surface area contributed by atoms with Crippen molar-refractivity contribution >= 4 is 15.6 Å². The zero-order valence-electron chi connectivity index (χ0n) is 24.8. The van der Waals surface area contributed by atoms with Gasteiger partial charge in [-0.2, -0.15) is 0 Å². The molecule has 0 saturated carbocycles. The van der Waals surface area contributed by atoms with E-state index in [0.717, 1.165) is 5.56 Å². The van der Waals surface area contributed by atoms with Crippen molar-refractivity contribution in [2.75, 3.05) is 13.1 Å². The Labute approximate surface area is 268 Å². The van der Waals surface area contributed by atoms with Crippen LogP contribution in [0, 0.1) is 0 Å². The second-order valence-electron chi connectivity index (χ2n) is 10.5. The first kappa shape index (κ1) is 31.6. The molecule has 1 aliphatic heterocycles. The molecule has 1 heterocycles. The molecule has 0 aliphatic carbocycles. The highest BCUT2D eigenvalue weighted by molar-refractivity contribution is 7.49. The van der Waals surface area contributed by atoms with E-state index in [2.05, 4.69) is 4.90 Å². The van der Waals surface area contributed by atoms with Crippen LogP contribution in [0.4, 0.5) is 0 Å². The SMILES string of the molecule is O=P(Oc1ccccc1)(Oc1ccccc1)O[C@@H]1CN(Cc2ccccc2)C[C@H]1OP(=O)(Oc1ccccc1)Oc1ccccc1. The minimum Gasteiger partial charge on any atom is -0.395 e. The third-order valence-electron chi connectivity index (χ3n) is 6.91. The summed E-state index contributed by atoms with van der Waals surface area (Å²) in [4.78, 5) is 2.05. The normalized spacial score (nSPS) is 16.9. The summed E-state index contributed by atoms with van der Waals surface area (Å²) in [7, 11) is -8.67. The van der Waals surface area contributed by atoms with Gasteiger partial charge in [-0.25, -0.2) is 9.13 Å². The second-order valence-corrected chi connectivity index (χ2v) is 13.4. The summed E-state index contributed by atoms with van der Waals surface area (Å²) in [5.74, 6) is 1.18. The molecule has 5 aromatic carbocycles. The fraction of sp³-hybridized carbons (Fsp3) is 0.143. The lowest BCUT2D eigenvalue weighted by atomic mass is 10.2. The third-order valence-corrected chi connectivity index (χ3v) is 9.71. The van der Waals surface area contributed by atoms with Crippen LogP contribution in [0.2, 0.25) is 0 Å². The topological polar surface area (TPSA) is 92.8 Å². The lowest BCUT2D eigenvalue weighted by Gasteiger charge is -2.27. The number of likely N-dealkylation sites (tertiary alicyclic amines) is 1. The van der Waals surface area contributed by atoms with Crippen molar-refractivity contribution in [2.24, 2.45) is 0 Å². The molecule has 0 spiro atoms. The molecule has 5 aromatic rings. The third kappa shape index (κ3) is 8.88. The molecule has 2 atom stereocenters. The molecule has 0 amide bonds. The van der Waals surface area contributed by atoms with Gasteiger partial charge in [0.1, 0.15) is 35.2 Å². The minimum atomic E-state index is -4.34. The van der Waals surface area contributed by atoms with Gasteiger partial charge >= 0.3 is 15.6 Å². The zero-order chi connectivity index (χ0) is 31.7. The van der Waals surface area contributed by atoms with E-state index in [9.17, 15) is 9.13 Å². The summed E-state index contributed by atoms with van der Waals surface area (Å²) >= 11 is 0. The van der Waals surface area contributed by atoms with Crippen molar-refractivity contribution in [2.45, 2.75) is 18.8 Å². The molecular formula is C35H33NO8P2. The van der Waals surface area contributed by atoms with E-state index >= 15 is 0 Å². The predicted molar refractivity (Wildman–Crippen MR) is 175 cm³/mol. The average Bonchev–Trinajstić information content (AvgIpc) is 3.41. The number of phosphoric ester groups is 2. The lowest BCUT2D eigenvalue weighted by molar-refractivity contribution is 0.0514. The molecular weight excluding hydrogens is 624 g/mol. The van der Waals surface area contributed by atoms with Crippen LogP contribution in [0.1, 0.15) is 5.56 Å². The first-order valence-electron chi connectivity index (χ1n) is 14.8. The number of para-hydroxylation sites is 4. The number of hydrogen-bond acceptors (Lipinski definition) is 9. The highest BCUT2D eigenvalue weighted by atomic mass is 31.2. The van der Waals surface area contributed by atoms with Crippen molar-refractivity contribution in [3.05, 3.63) is 157 Å². The molecule has 46 heavy (non-hydrogen) atoms. The summed E-state index contributed by atoms with van der Waals surface area (Å²) < 4.78 is 64.9. The van der Waals surface area contributed by atoms with Crippen LogP contribution in [0.5, 0.6) is 23.0 Å². The van der Waals surface area contributed by atoms with E-state index in [1.54, 1.807) is 97.1 Å². The van der Waals surface area contributed by atoms with Crippen molar-refractivity contribution in [1.82, 2.24) is 4.90 Å². The predicted octanol–water partition coefficient (Wildman–Crippen LogP) is 8.80. The number of benzene rings is 5. The second kappa shape index (κ2) is 14.8. The van der Waals surface area contributed by atoms with Crippen LogP contribution >= 0.6 is 15.6 Å². The Hall–Kier alpha value is -4.36. The van der Waals surface area contributed by atoms with Gasteiger partial charge in [0.05, 0.1) is 0 Å².